The van der Waals surface area contributed by atoms with Crippen LogP contribution in [0.3, 0.4) is 0 Å². The van der Waals surface area contributed by atoms with Gasteiger partial charge in [0, 0.05) is 17.7 Å². The van der Waals surface area contributed by atoms with E-state index in [1.54, 1.807) is 6.20 Å². The number of hydrogen-bond donors (Lipinski definition) is 0. The second kappa shape index (κ2) is 13.0. The fourth-order valence-electron chi connectivity index (χ4n) is 4.74. The van der Waals surface area contributed by atoms with Gasteiger partial charge >= 0.3 is 0 Å². The summed E-state index contributed by atoms with van der Waals surface area (Å²) in [5, 5.41) is 9.42. The highest BCUT2D eigenvalue weighted by atomic mass is 16.2. The third kappa shape index (κ3) is 6.46. The third-order valence-electron chi connectivity index (χ3n) is 6.77. The predicted molar refractivity (Wildman–Crippen MR) is 144 cm³/mol. The first kappa shape index (κ1) is 26.4. The molecule has 5 nitrogen and oxygen atoms in total. The third-order valence-corrected chi connectivity index (χ3v) is 6.77. The zero-order chi connectivity index (χ0) is 25.2. The van der Waals surface area contributed by atoms with Crippen LogP contribution in [-0.4, -0.2) is 41.5 Å². The molecule has 3 rings (SSSR count). The Balaban J connectivity index is 1.87. The van der Waals surface area contributed by atoms with Crippen molar-refractivity contribution in [2.75, 3.05) is 24.5 Å². The molecule has 1 amide bonds. The summed E-state index contributed by atoms with van der Waals surface area (Å²) in [6, 6.07) is 3.88. The molecule has 5 heteroatoms. The predicted octanol–water partition coefficient (Wildman–Crippen LogP) is 6.08. The van der Waals surface area contributed by atoms with E-state index in [0.29, 0.717) is 11.4 Å². The molecular formula is C30H38N4O. The van der Waals surface area contributed by atoms with Gasteiger partial charge in [0.15, 0.2) is 0 Å². The van der Waals surface area contributed by atoms with Crippen molar-refractivity contribution in [2.45, 2.75) is 58.9 Å². The van der Waals surface area contributed by atoms with Gasteiger partial charge in [0.25, 0.3) is 0 Å². The van der Waals surface area contributed by atoms with Crippen LogP contribution < -0.4 is 4.90 Å². The SMILES string of the molecule is CC/C=C(\C=C/C(C)N1C(=O)C(CCN(CC)CC)c2cc(C#N)cnc21)C1C=C/C=C\C/C=C\1. The summed E-state index contributed by atoms with van der Waals surface area (Å²) < 4.78 is 0. The molecule has 1 aliphatic heterocycles. The van der Waals surface area contributed by atoms with Gasteiger partial charge in [-0.05, 0) is 57.5 Å². The summed E-state index contributed by atoms with van der Waals surface area (Å²) in [6.45, 7) is 11.2. The Morgan fingerprint density at radius 2 is 2.06 bits per heavy atom. The van der Waals surface area contributed by atoms with Gasteiger partial charge in [-0.25, -0.2) is 4.98 Å². The van der Waals surface area contributed by atoms with Gasteiger partial charge in [0.05, 0.1) is 17.5 Å². The van der Waals surface area contributed by atoms with Gasteiger partial charge in [0.1, 0.15) is 11.9 Å². The number of aromatic nitrogens is 1. The zero-order valence-corrected chi connectivity index (χ0v) is 21.5. The zero-order valence-electron chi connectivity index (χ0n) is 21.5. The topological polar surface area (TPSA) is 60.2 Å². The van der Waals surface area contributed by atoms with Crippen molar-refractivity contribution in [3.05, 3.63) is 83.6 Å². The van der Waals surface area contributed by atoms with Gasteiger partial charge in [-0.15, -0.1) is 0 Å². The van der Waals surface area contributed by atoms with E-state index in [4.69, 9.17) is 0 Å². The second-order valence-electron chi connectivity index (χ2n) is 9.04. The van der Waals surface area contributed by atoms with Crippen LogP contribution in [-0.2, 0) is 4.79 Å². The Labute approximate surface area is 210 Å². The maximum Gasteiger partial charge on any atom is 0.236 e. The average molecular weight is 471 g/mol. The quantitative estimate of drug-likeness (QED) is 0.307. The standard InChI is InChI=1S/C30H38N4O/c1-5-13-25(26-14-11-9-8-10-12-15-26)17-16-23(4)34-29-28(20-24(21-31)22-32-29)27(30(34)35)18-19-33(6-2)7-3/h8-9,11-17,20,22-23,26-27H,5-7,10,18-19H2,1-4H3/b9-8-,14-11?,15-12-,17-16-,25-13+. The first-order valence-electron chi connectivity index (χ1n) is 12.9. The van der Waals surface area contributed by atoms with Crippen molar-refractivity contribution < 1.29 is 4.79 Å². The van der Waals surface area contributed by atoms with Crippen molar-refractivity contribution in [3.63, 3.8) is 0 Å². The fraction of sp³-hybridized carbons (Fsp3) is 0.433. The Bertz CT molecular complexity index is 1070. The molecule has 0 spiro atoms. The van der Waals surface area contributed by atoms with Crippen molar-refractivity contribution >= 4 is 11.7 Å². The van der Waals surface area contributed by atoms with Gasteiger partial charge in [-0.3, -0.25) is 9.69 Å². The lowest BCUT2D eigenvalue weighted by Crippen LogP contribution is -2.37. The average Bonchev–Trinajstić information content (AvgIpc) is 3.12. The molecule has 1 aliphatic carbocycles. The van der Waals surface area contributed by atoms with E-state index in [1.807, 2.05) is 17.9 Å². The molecule has 1 aromatic rings. The number of carbonyl (C=O) groups excluding carboxylic acids is 1. The number of nitrogens with zero attached hydrogens (tertiary/aromatic N) is 4. The largest absolute Gasteiger partial charge is 0.304 e. The molecule has 0 saturated heterocycles. The lowest BCUT2D eigenvalue weighted by atomic mass is 9.94. The summed E-state index contributed by atoms with van der Waals surface area (Å²) in [5.41, 5.74) is 2.60. The second-order valence-corrected chi connectivity index (χ2v) is 9.04. The Kier molecular flexibility index (Phi) is 9.81. The number of hydrogen-bond acceptors (Lipinski definition) is 4. The number of carbonyl (C=O) groups is 1. The smallest absolute Gasteiger partial charge is 0.236 e. The van der Waals surface area contributed by atoms with Crippen LogP contribution in [0.4, 0.5) is 5.82 Å². The van der Waals surface area contributed by atoms with Crippen molar-refractivity contribution in [1.82, 2.24) is 9.88 Å². The Morgan fingerprint density at radius 3 is 2.77 bits per heavy atom. The number of rotatable bonds is 10. The maximum atomic E-state index is 13.7. The van der Waals surface area contributed by atoms with E-state index in [-0.39, 0.29) is 23.8 Å². The molecule has 0 aromatic carbocycles. The first-order valence-corrected chi connectivity index (χ1v) is 12.9. The number of pyridine rings is 1. The van der Waals surface area contributed by atoms with Crippen molar-refractivity contribution in [3.8, 4) is 6.07 Å². The number of anilines is 1. The minimum Gasteiger partial charge on any atom is -0.304 e. The van der Waals surface area contributed by atoms with Crippen LogP contribution in [0.5, 0.6) is 0 Å². The minimum absolute atomic E-state index is 0.0730. The van der Waals surface area contributed by atoms with E-state index in [2.05, 4.69) is 91.4 Å². The van der Waals surface area contributed by atoms with E-state index in [0.717, 1.165) is 44.5 Å². The summed E-state index contributed by atoms with van der Waals surface area (Å²) in [6.07, 6.45) is 23.6. The molecule has 0 fully saturated rings. The number of nitriles is 1. The molecule has 0 saturated carbocycles. The first-order chi connectivity index (χ1) is 17.0. The molecular weight excluding hydrogens is 432 g/mol. The number of allylic oxidation sites excluding steroid dienone is 9. The lowest BCUT2D eigenvalue weighted by molar-refractivity contribution is -0.119. The fourth-order valence-corrected chi connectivity index (χ4v) is 4.74. The summed E-state index contributed by atoms with van der Waals surface area (Å²) in [4.78, 5) is 22.4. The number of fused-ring (bicyclic) bond motifs is 1. The van der Waals surface area contributed by atoms with Gasteiger partial charge in [-0.2, -0.15) is 5.26 Å². The van der Waals surface area contributed by atoms with Gasteiger partial charge < -0.3 is 4.90 Å². The molecule has 0 N–H and O–H groups in total. The van der Waals surface area contributed by atoms with E-state index in [1.165, 1.54) is 5.57 Å². The monoisotopic (exact) mass is 470 g/mol. The van der Waals surface area contributed by atoms with E-state index >= 15 is 0 Å². The molecule has 0 bridgehead atoms. The van der Waals surface area contributed by atoms with Gasteiger partial charge in [0.2, 0.25) is 5.91 Å². The Hall–Kier alpha value is -3.23. The highest BCUT2D eigenvalue weighted by Gasteiger charge is 2.40. The summed E-state index contributed by atoms with van der Waals surface area (Å²) in [5.74, 6) is 0.704. The molecule has 184 valence electrons. The van der Waals surface area contributed by atoms with Crippen LogP contribution in [0.2, 0.25) is 0 Å². The summed E-state index contributed by atoms with van der Waals surface area (Å²) in [7, 11) is 0. The van der Waals surface area contributed by atoms with Crippen LogP contribution >= 0.6 is 0 Å². The molecule has 0 radical (unpaired) electrons. The molecule has 35 heavy (non-hydrogen) atoms. The number of amides is 1. The molecule has 2 aliphatic rings. The van der Waals surface area contributed by atoms with Crippen LogP contribution in [0.1, 0.15) is 64.0 Å². The highest BCUT2D eigenvalue weighted by molar-refractivity contribution is 6.04. The van der Waals surface area contributed by atoms with Crippen LogP contribution in [0, 0.1) is 17.2 Å². The van der Waals surface area contributed by atoms with Crippen LogP contribution in [0.25, 0.3) is 0 Å². The molecule has 2 heterocycles. The lowest BCUT2D eigenvalue weighted by Gasteiger charge is -2.24. The highest BCUT2D eigenvalue weighted by Crippen LogP contribution is 2.39. The van der Waals surface area contributed by atoms with E-state index in [9.17, 15) is 10.1 Å². The molecule has 3 atom stereocenters. The normalized spacial score (nSPS) is 22.7. The summed E-state index contributed by atoms with van der Waals surface area (Å²) >= 11 is 0. The van der Waals surface area contributed by atoms with E-state index < -0.39 is 0 Å². The van der Waals surface area contributed by atoms with Crippen molar-refractivity contribution in [1.29, 1.82) is 5.26 Å². The Morgan fingerprint density at radius 1 is 1.26 bits per heavy atom. The minimum atomic E-state index is -0.267. The van der Waals surface area contributed by atoms with Crippen molar-refractivity contribution in [2.24, 2.45) is 5.92 Å². The molecule has 1 aromatic heterocycles. The van der Waals surface area contributed by atoms with Crippen LogP contribution in [0.15, 0.2) is 72.5 Å². The maximum absolute atomic E-state index is 13.7. The molecule has 3 unspecified atom stereocenters. The van der Waals surface area contributed by atoms with Gasteiger partial charge in [-0.1, -0.05) is 75.5 Å².